The molecule has 5 heteroatoms. The minimum atomic E-state index is 0.673. The van der Waals surface area contributed by atoms with Gasteiger partial charge in [-0.15, -0.1) is 0 Å². The van der Waals surface area contributed by atoms with E-state index in [9.17, 15) is 0 Å². The third-order valence-electron chi connectivity index (χ3n) is 13.1. The molecule has 14 rings (SSSR count). The summed E-state index contributed by atoms with van der Waals surface area (Å²) in [5, 5.41) is 12.9. The van der Waals surface area contributed by atoms with E-state index >= 15 is 0 Å². The van der Waals surface area contributed by atoms with Gasteiger partial charge in [0.2, 0.25) is 0 Å². The molecule has 5 nitrogen and oxygen atoms in total. The Morgan fingerprint density at radius 3 is 1.92 bits per heavy atom. The Labute approximate surface area is 360 Å². The molecule has 0 atom stereocenters. The van der Waals surface area contributed by atoms with E-state index in [1.165, 1.54) is 59.8 Å². The van der Waals surface area contributed by atoms with Crippen LogP contribution in [0.3, 0.4) is 0 Å². The first kappa shape index (κ1) is 34.2. The topological polar surface area (TPSA) is 48.8 Å². The van der Waals surface area contributed by atoms with E-state index in [-0.39, 0.29) is 0 Å². The van der Waals surface area contributed by atoms with Crippen molar-refractivity contribution < 1.29 is 4.42 Å². The van der Waals surface area contributed by atoms with Gasteiger partial charge in [-0.25, -0.2) is 9.97 Å². The average Bonchev–Trinajstić information content (AvgIpc) is 4.00. The highest BCUT2D eigenvalue weighted by Crippen LogP contribution is 2.45. The second-order valence-corrected chi connectivity index (χ2v) is 16.5. The molecule has 0 saturated carbocycles. The zero-order chi connectivity index (χ0) is 41.2. The lowest BCUT2D eigenvalue weighted by molar-refractivity contribution is 0.669. The first-order valence-electron chi connectivity index (χ1n) is 21.4. The van der Waals surface area contributed by atoms with Gasteiger partial charge < -0.3 is 13.6 Å². The van der Waals surface area contributed by atoms with Gasteiger partial charge in [-0.2, -0.15) is 0 Å². The van der Waals surface area contributed by atoms with Gasteiger partial charge in [-0.1, -0.05) is 146 Å². The van der Waals surface area contributed by atoms with E-state index in [0.717, 1.165) is 66.4 Å². The molecule has 0 saturated heterocycles. The Kier molecular flexibility index (Phi) is 7.05. The SMILES string of the molecule is c1cc(-c2nc(-c3ccc4oc5ccccc5c4c3)c3ccccc3n2)cc(-n2c3ccccc3c3c(-n4c5ccccc5c5ccc6ccccc6c54)c4ccccc4cc32)c1. The van der Waals surface area contributed by atoms with Gasteiger partial charge in [-0.05, 0) is 71.4 Å². The van der Waals surface area contributed by atoms with Crippen molar-refractivity contribution in [1.82, 2.24) is 19.1 Å². The van der Waals surface area contributed by atoms with Crippen molar-refractivity contribution in [2.75, 3.05) is 0 Å². The molecule has 63 heavy (non-hydrogen) atoms. The van der Waals surface area contributed by atoms with Crippen molar-refractivity contribution in [3.8, 4) is 34.0 Å². The predicted octanol–water partition coefficient (Wildman–Crippen LogP) is 15.4. The van der Waals surface area contributed by atoms with E-state index < -0.39 is 0 Å². The van der Waals surface area contributed by atoms with Crippen molar-refractivity contribution in [2.45, 2.75) is 0 Å². The number of aromatic nitrogens is 4. The lowest BCUT2D eigenvalue weighted by Crippen LogP contribution is -1.99. The second kappa shape index (κ2) is 13.0. The third-order valence-corrected chi connectivity index (χ3v) is 13.1. The number of hydrogen-bond acceptors (Lipinski definition) is 3. The summed E-state index contributed by atoms with van der Waals surface area (Å²) < 4.78 is 11.2. The Balaban J connectivity index is 1.03. The Hall–Kier alpha value is -8.54. The van der Waals surface area contributed by atoms with Gasteiger partial charge >= 0.3 is 0 Å². The molecule has 0 aliphatic rings. The maximum atomic E-state index is 6.20. The molecule has 10 aromatic carbocycles. The summed E-state index contributed by atoms with van der Waals surface area (Å²) in [5.41, 5.74) is 12.4. The molecule has 0 spiro atoms. The average molecular weight is 803 g/mol. The number of nitrogens with zero attached hydrogens (tertiary/aromatic N) is 4. The van der Waals surface area contributed by atoms with Gasteiger partial charge in [0, 0.05) is 65.3 Å². The fourth-order valence-electron chi connectivity index (χ4n) is 10.3. The van der Waals surface area contributed by atoms with Crippen molar-refractivity contribution >= 4 is 98.0 Å². The molecule has 0 fully saturated rings. The Morgan fingerprint density at radius 2 is 1.05 bits per heavy atom. The Bertz CT molecular complexity index is 4230. The van der Waals surface area contributed by atoms with Crippen LogP contribution in [-0.4, -0.2) is 19.1 Å². The minimum absolute atomic E-state index is 0.673. The van der Waals surface area contributed by atoms with Crippen LogP contribution >= 0.6 is 0 Å². The van der Waals surface area contributed by atoms with Crippen LogP contribution < -0.4 is 0 Å². The molecule has 0 aliphatic heterocycles. The maximum Gasteiger partial charge on any atom is 0.160 e. The normalized spacial score (nSPS) is 12.1. The molecule has 4 heterocycles. The number of benzene rings is 10. The zero-order valence-electron chi connectivity index (χ0n) is 33.8. The zero-order valence-corrected chi connectivity index (χ0v) is 33.8. The minimum Gasteiger partial charge on any atom is -0.456 e. The number of hydrogen-bond donors (Lipinski definition) is 0. The molecule has 4 aromatic heterocycles. The highest BCUT2D eigenvalue weighted by molar-refractivity contribution is 6.24. The molecular formula is C58H34N4O. The highest BCUT2D eigenvalue weighted by Gasteiger charge is 2.24. The van der Waals surface area contributed by atoms with Gasteiger partial charge in [0.05, 0.1) is 39.0 Å². The fourth-order valence-corrected chi connectivity index (χ4v) is 10.3. The van der Waals surface area contributed by atoms with Gasteiger partial charge in [-0.3, -0.25) is 0 Å². The van der Waals surface area contributed by atoms with Gasteiger partial charge in [0.25, 0.3) is 0 Å². The molecule has 0 N–H and O–H groups in total. The fraction of sp³-hybridized carbons (Fsp3) is 0. The summed E-state index contributed by atoms with van der Waals surface area (Å²) >= 11 is 0. The van der Waals surface area contributed by atoms with Gasteiger partial charge in [0.15, 0.2) is 5.82 Å². The molecule has 0 amide bonds. The molecule has 0 aliphatic carbocycles. The third kappa shape index (κ3) is 4.93. The van der Waals surface area contributed by atoms with Crippen LogP contribution in [0.2, 0.25) is 0 Å². The van der Waals surface area contributed by atoms with E-state index in [1.54, 1.807) is 0 Å². The van der Waals surface area contributed by atoms with Crippen molar-refractivity contribution in [1.29, 1.82) is 0 Å². The predicted molar refractivity (Wildman–Crippen MR) is 261 cm³/mol. The summed E-state index contributed by atoms with van der Waals surface area (Å²) in [4.78, 5) is 10.6. The molecule has 0 radical (unpaired) electrons. The van der Waals surface area contributed by atoms with Crippen molar-refractivity contribution in [3.05, 3.63) is 206 Å². The van der Waals surface area contributed by atoms with Crippen molar-refractivity contribution in [2.24, 2.45) is 0 Å². The standard InChI is InChI=1S/C58H34N4O/c1-3-18-40-35(14-1)28-30-44-42-20-6-10-25-49(42)62(56(40)44)57-41-19-4-2-15-36(41)34-51-54(57)46-23-7-11-26-50(46)61(51)39-17-13-16-38(32-39)58-59-48-24-9-5-22-45(48)55(60-58)37-29-31-53-47(33-37)43-21-8-12-27-52(43)63-53/h1-34H. The maximum absolute atomic E-state index is 6.20. The van der Waals surface area contributed by atoms with Crippen LogP contribution in [0.5, 0.6) is 0 Å². The summed E-state index contributed by atoms with van der Waals surface area (Å²) in [6.07, 6.45) is 0. The lowest BCUT2D eigenvalue weighted by atomic mass is 10.0. The number of rotatable bonds is 4. The molecular weight excluding hydrogens is 769 g/mol. The number of furan rings is 1. The van der Waals surface area contributed by atoms with Crippen LogP contribution in [0.1, 0.15) is 0 Å². The lowest BCUT2D eigenvalue weighted by Gasteiger charge is -2.16. The second-order valence-electron chi connectivity index (χ2n) is 16.5. The van der Waals surface area contributed by atoms with Gasteiger partial charge in [0.1, 0.15) is 11.2 Å². The monoisotopic (exact) mass is 802 g/mol. The van der Waals surface area contributed by atoms with E-state index in [1.807, 2.05) is 18.2 Å². The van der Waals surface area contributed by atoms with E-state index in [4.69, 9.17) is 14.4 Å². The summed E-state index contributed by atoms with van der Waals surface area (Å²) in [6, 6.07) is 73.8. The first-order valence-corrected chi connectivity index (χ1v) is 21.4. The number of para-hydroxylation sites is 4. The quantitative estimate of drug-likeness (QED) is 0.178. The summed E-state index contributed by atoms with van der Waals surface area (Å²) in [7, 11) is 0. The van der Waals surface area contributed by atoms with E-state index in [2.05, 4.69) is 197 Å². The number of fused-ring (bicyclic) bond motifs is 13. The summed E-state index contributed by atoms with van der Waals surface area (Å²) in [6.45, 7) is 0. The first-order chi connectivity index (χ1) is 31.2. The molecule has 292 valence electrons. The van der Waals surface area contributed by atoms with Crippen LogP contribution in [0.25, 0.3) is 132 Å². The van der Waals surface area contributed by atoms with Crippen LogP contribution in [0.4, 0.5) is 0 Å². The smallest absolute Gasteiger partial charge is 0.160 e. The largest absolute Gasteiger partial charge is 0.456 e. The van der Waals surface area contributed by atoms with Crippen LogP contribution in [0.15, 0.2) is 211 Å². The summed E-state index contributed by atoms with van der Waals surface area (Å²) in [5.74, 6) is 0.673. The molecule has 14 aromatic rings. The molecule has 0 unspecified atom stereocenters. The van der Waals surface area contributed by atoms with Crippen molar-refractivity contribution in [3.63, 3.8) is 0 Å². The Morgan fingerprint density at radius 1 is 0.365 bits per heavy atom. The molecule has 0 bridgehead atoms. The van der Waals surface area contributed by atoms with Crippen LogP contribution in [0, 0.1) is 0 Å². The highest BCUT2D eigenvalue weighted by atomic mass is 16.3. The van der Waals surface area contributed by atoms with E-state index in [0.29, 0.717) is 5.82 Å². The van der Waals surface area contributed by atoms with Crippen LogP contribution in [-0.2, 0) is 0 Å².